The molecule has 0 aliphatic heterocycles. The summed E-state index contributed by atoms with van der Waals surface area (Å²) in [5, 5.41) is 0.382. The third-order valence-corrected chi connectivity index (χ3v) is 2.87. The average Bonchev–Trinajstić information content (AvgIpc) is 2.69. The number of aromatic nitrogens is 4. The summed E-state index contributed by atoms with van der Waals surface area (Å²) in [6.45, 7) is 6.61. The number of hydrogen-bond acceptors (Lipinski definition) is 4. The quantitative estimate of drug-likeness (QED) is 0.787. The molecule has 0 radical (unpaired) electrons. The SMILES string of the molecule is CCOC(C)n1c(CC)nc2c(Cl)ncnc21. The second-order valence-corrected chi connectivity index (χ2v) is 4.00. The van der Waals surface area contributed by atoms with Gasteiger partial charge in [0.25, 0.3) is 0 Å². The number of hydrogen-bond donors (Lipinski definition) is 0. The lowest BCUT2D eigenvalue weighted by Crippen LogP contribution is -2.12. The van der Waals surface area contributed by atoms with Crippen LogP contribution < -0.4 is 0 Å². The highest BCUT2D eigenvalue weighted by atomic mass is 35.5. The number of imidazole rings is 1. The summed E-state index contributed by atoms with van der Waals surface area (Å²) in [6.07, 6.45) is 2.14. The smallest absolute Gasteiger partial charge is 0.167 e. The summed E-state index contributed by atoms with van der Waals surface area (Å²) in [5.41, 5.74) is 1.36. The van der Waals surface area contributed by atoms with E-state index >= 15 is 0 Å². The van der Waals surface area contributed by atoms with E-state index in [-0.39, 0.29) is 6.23 Å². The molecule has 0 bridgehead atoms. The van der Waals surface area contributed by atoms with Crippen molar-refractivity contribution in [1.82, 2.24) is 19.5 Å². The van der Waals surface area contributed by atoms with Gasteiger partial charge in [-0.1, -0.05) is 18.5 Å². The molecule has 5 nitrogen and oxygen atoms in total. The van der Waals surface area contributed by atoms with E-state index in [1.54, 1.807) is 0 Å². The minimum atomic E-state index is -0.106. The van der Waals surface area contributed by atoms with Gasteiger partial charge in [0.05, 0.1) is 0 Å². The first-order chi connectivity index (χ1) is 8.19. The summed E-state index contributed by atoms with van der Waals surface area (Å²) in [7, 11) is 0. The topological polar surface area (TPSA) is 52.8 Å². The number of fused-ring (bicyclic) bond motifs is 1. The van der Waals surface area contributed by atoms with Crippen molar-refractivity contribution in [2.75, 3.05) is 6.61 Å². The Bertz CT molecular complexity index is 525. The predicted molar refractivity (Wildman–Crippen MR) is 66.0 cm³/mol. The molecule has 0 amide bonds. The maximum Gasteiger partial charge on any atom is 0.167 e. The maximum atomic E-state index is 6.01. The van der Waals surface area contributed by atoms with Crippen molar-refractivity contribution < 1.29 is 4.74 Å². The molecule has 6 heteroatoms. The monoisotopic (exact) mass is 254 g/mol. The number of nitrogens with zero attached hydrogens (tertiary/aromatic N) is 4. The third kappa shape index (κ3) is 2.12. The molecule has 2 aromatic heterocycles. The fraction of sp³-hybridized carbons (Fsp3) is 0.545. The maximum absolute atomic E-state index is 6.01. The first-order valence-electron chi connectivity index (χ1n) is 5.67. The van der Waals surface area contributed by atoms with Crippen LogP contribution in [0.3, 0.4) is 0 Å². The van der Waals surface area contributed by atoms with Gasteiger partial charge < -0.3 is 4.74 Å². The van der Waals surface area contributed by atoms with E-state index in [1.165, 1.54) is 6.33 Å². The molecular formula is C11H15ClN4O. The fourth-order valence-electron chi connectivity index (χ4n) is 1.87. The van der Waals surface area contributed by atoms with Crippen molar-refractivity contribution >= 4 is 22.8 Å². The zero-order valence-corrected chi connectivity index (χ0v) is 10.9. The Morgan fingerprint density at radius 3 is 2.82 bits per heavy atom. The van der Waals surface area contributed by atoms with Gasteiger partial charge in [0.2, 0.25) is 0 Å². The molecule has 0 fully saturated rings. The zero-order chi connectivity index (χ0) is 12.4. The standard InChI is InChI=1S/C11H15ClN4O/c1-4-8-15-9-10(12)13-6-14-11(9)16(8)7(3)17-5-2/h6-7H,4-5H2,1-3H3. The third-order valence-electron chi connectivity index (χ3n) is 2.59. The van der Waals surface area contributed by atoms with Gasteiger partial charge in [0.1, 0.15) is 23.9 Å². The molecule has 1 unspecified atom stereocenters. The molecule has 92 valence electrons. The summed E-state index contributed by atoms with van der Waals surface area (Å²) >= 11 is 6.01. The van der Waals surface area contributed by atoms with E-state index in [0.717, 1.165) is 17.9 Å². The van der Waals surface area contributed by atoms with Gasteiger partial charge in [0, 0.05) is 13.0 Å². The Morgan fingerprint density at radius 1 is 1.41 bits per heavy atom. The van der Waals surface area contributed by atoms with E-state index in [4.69, 9.17) is 16.3 Å². The van der Waals surface area contributed by atoms with Crippen LogP contribution in [0.2, 0.25) is 5.15 Å². The van der Waals surface area contributed by atoms with Crippen LogP contribution in [0.5, 0.6) is 0 Å². The molecule has 2 rings (SSSR count). The molecule has 0 spiro atoms. The van der Waals surface area contributed by atoms with Crippen LogP contribution in [-0.2, 0) is 11.2 Å². The van der Waals surface area contributed by atoms with Crippen molar-refractivity contribution in [3.05, 3.63) is 17.3 Å². The molecule has 2 aromatic rings. The van der Waals surface area contributed by atoms with Crippen LogP contribution >= 0.6 is 11.6 Å². The highest BCUT2D eigenvalue weighted by molar-refractivity contribution is 6.33. The molecular weight excluding hydrogens is 240 g/mol. The normalized spacial score (nSPS) is 13.2. The lowest BCUT2D eigenvalue weighted by atomic mass is 10.4. The Morgan fingerprint density at radius 2 is 2.18 bits per heavy atom. The van der Waals surface area contributed by atoms with Gasteiger partial charge >= 0.3 is 0 Å². The molecule has 0 aliphatic carbocycles. The van der Waals surface area contributed by atoms with Crippen molar-refractivity contribution in [3.63, 3.8) is 0 Å². The molecule has 17 heavy (non-hydrogen) atoms. The van der Waals surface area contributed by atoms with Crippen molar-refractivity contribution in [2.45, 2.75) is 33.4 Å². The summed E-state index contributed by atoms with van der Waals surface area (Å²) in [6, 6.07) is 0. The Labute approximate surface area is 105 Å². The number of ether oxygens (including phenoxy) is 1. The van der Waals surface area contributed by atoms with Crippen molar-refractivity contribution in [3.8, 4) is 0 Å². The molecule has 0 saturated carbocycles. The van der Waals surface area contributed by atoms with E-state index < -0.39 is 0 Å². The van der Waals surface area contributed by atoms with Crippen molar-refractivity contribution in [1.29, 1.82) is 0 Å². The molecule has 0 saturated heterocycles. The van der Waals surface area contributed by atoms with E-state index in [1.807, 2.05) is 25.3 Å². The lowest BCUT2D eigenvalue weighted by molar-refractivity contribution is 0.0254. The Hall–Kier alpha value is -1.20. The zero-order valence-electron chi connectivity index (χ0n) is 10.1. The first-order valence-corrected chi connectivity index (χ1v) is 6.05. The average molecular weight is 255 g/mol. The van der Waals surface area contributed by atoms with Crippen LogP contribution in [-0.4, -0.2) is 26.1 Å². The fourth-order valence-corrected chi connectivity index (χ4v) is 2.04. The van der Waals surface area contributed by atoms with Gasteiger partial charge in [-0.25, -0.2) is 15.0 Å². The highest BCUT2D eigenvalue weighted by Crippen LogP contribution is 2.24. The van der Waals surface area contributed by atoms with Gasteiger partial charge in [-0.05, 0) is 13.8 Å². The predicted octanol–water partition coefficient (Wildman–Crippen LogP) is 2.60. The second kappa shape index (κ2) is 4.98. The van der Waals surface area contributed by atoms with Gasteiger partial charge in [-0.3, -0.25) is 4.57 Å². The van der Waals surface area contributed by atoms with Gasteiger partial charge in [0.15, 0.2) is 10.8 Å². The minimum Gasteiger partial charge on any atom is -0.359 e. The highest BCUT2D eigenvalue weighted by Gasteiger charge is 2.17. The first kappa shape index (κ1) is 12.3. The van der Waals surface area contributed by atoms with Gasteiger partial charge in [-0.15, -0.1) is 0 Å². The summed E-state index contributed by atoms with van der Waals surface area (Å²) < 4.78 is 7.56. The largest absolute Gasteiger partial charge is 0.359 e. The molecule has 0 N–H and O–H groups in total. The summed E-state index contributed by atoms with van der Waals surface area (Å²) in [5.74, 6) is 0.906. The summed E-state index contributed by atoms with van der Waals surface area (Å²) in [4.78, 5) is 12.6. The number of halogens is 1. The van der Waals surface area contributed by atoms with E-state index in [0.29, 0.717) is 17.3 Å². The lowest BCUT2D eigenvalue weighted by Gasteiger charge is -2.16. The molecule has 1 atom stereocenters. The molecule has 2 heterocycles. The van der Waals surface area contributed by atoms with E-state index in [2.05, 4.69) is 15.0 Å². The molecule has 0 aromatic carbocycles. The van der Waals surface area contributed by atoms with Crippen molar-refractivity contribution in [2.24, 2.45) is 0 Å². The van der Waals surface area contributed by atoms with E-state index in [9.17, 15) is 0 Å². The number of aryl methyl sites for hydroxylation is 1. The van der Waals surface area contributed by atoms with Crippen LogP contribution in [0.4, 0.5) is 0 Å². The van der Waals surface area contributed by atoms with Crippen LogP contribution in [0.1, 0.15) is 32.8 Å². The second-order valence-electron chi connectivity index (χ2n) is 3.64. The van der Waals surface area contributed by atoms with Crippen LogP contribution in [0, 0.1) is 0 Å². The van der Waals surface area contributed by atoms with Gasteiger partial charge in [-0.2, -0.15) is 0 Å². The minimum absolute atomic E-state index is 0.106. The number of rotatable bonds is 4. The van der Waals surface area contributed by atoms with Crippen LogP contribution in [0.25, 0.3) is 11.2 Å². The molecule has 0 aliphatic rings. The van der Waals surface area contributed by atoms with Crippen LogP contribution in [0.15, 0.2) is 6.33 Å². The Balaban J connectivity index is 2.62. The Kier molecular flexibility index (Phi) is 3.59.